The fourth-order valence-corrected chi connectivity index (χ4v) is 0.649. The van der Waals surface area contributed by atoms with E-state index in [2.05, 4.69) is 18.9 Å². The number of aliphatic hydroxyl groups is 2. The average Bonchev–Trinajstić information content (AvgIpc) is 2.75. The van der Waals surface area contributed by atoms with Crippen LogP contribution in [-0.2, 0) is 18.9 Å². The van der Waals surface area contributed by atoms with Crippen LogP contribution in [0.1, 0.15) is 13.8 Å². The second-order valence-corrected chi connectivity index (χ2v) is 3.13. The van der Waals surface area contributed by atoms with Gasteiger partial charge in [-0.2, -0.15) is 0 Å². The minimum atomic E-state index is -0.549. The van der Waals surface area contributed by atoms with Gasteiger partial charge in [-0.3, -0.25) is 0 Å². The number of aliphatic hydroxyl groups excluding tert-OH is 2. The van der Waals surface area contributed by atoms with Crippen LogP contribution in [0.3, 0.4) is 0 Å². The molecular weight excluding hydrogens is 244 g/mol. The molecule has 1 heterocycles. The van der Waals surface area contributed by atoms with Gasteiger partial charge >= 0.3 is 6.16 Å². The first-order valence-corrected chi connectivity index (χ1v) is 5.74. The predicted molar refractivity (Wildman–Crippen MR) is 64.4 cm³/mol. The van der Waals surface area contributed by atoms with Gasteiger partial charge in [0.2, 0.25) is 0 Å². The van der Waals surface area contributed by atoms with Crippen molar-refractivity contribution in [2.45, 2.75) is 20.0 Å². The monoisotopic (exact) mass is 268 g/mol. The zero-order valence-corrected chi connectivity index (χ0v) is 11.3. The summed E-state index contributed by atoms with van der Waals surface area (Å²) < 4.78 is 18.1. The molecule has 0 aliphatic carbocycles. The minimum Gasteiger partial charge on any atom is -0.430 e. The van der Waals surface area contributed by atoms with Gasteiger partial charge in [-0.25, -0.2) is 4.79 Å². The zero-order chi connectivity index (χ0) is 14.2. The van der Waals surface area contributed by atoms with E-state index in [0.29, 0.717) is 19.8 Å². The molecule has 0 aromatic rings. The summed E-state index contributed by atoms with van der Waals surface area (Å²) in [6, 6.07) is 0. The second-order valence-electron chi connectivity index (χ2n) is 3.13. The van der Waals surface area contributed by atoms with Gasteiger partial charge in [-0.05, 0) is 13.8 Å². The van der Waals surface area contributed by atoms with Gasteiger partial charge in [-0.1, -0.05) is 0 Å². The van der Waals surface area contributed by atoms with E-state index in [1.54, 1.807) is 14.0 Å². The number of carbonyl (C=O) groups is 1. The fourth-order valence-electron chi connectivity index (χ4n) is 0.649. The molecule has 0 aromatic carbocycles. The summed E-state index contributed by atoms with van der Waals surface area (Å²) in [5, 5.41) is 16.2. The maximum Gasteiger partial charge on any atom is 0.508 e. The van der Waals surface area contributed by atoms with Crippen LogP contribution in [0.5, 0.6) is 0 Å². The van der Waals surface area contributed by atoms with E-state index in [9.17, 15) is 4.79 Å². The van der Waals surface area contributed by atoms with Crippen molar-refractivity contribution in [3.05, 3.63) is 0 Å². The number of rotatable bonds is 5. The third kappa shape index (κ3) is 17.5. The van der Waals surface area contributed by atoms with E-state index >= 15 is 0 Å². The Balaban J connectivity index is 0. The highest BCUT2D eigenvalue weighted by molar-refractivity contribution is 5.61. The van der Waals surface area contributed by atoms with Crippen molar-refractivity contribution in [3.63, 3.8) is 0 Å². The molecule has 1 rings (SSSR count). The molecule has 0 amide bonds. The standard InChI is InChI=1S/C4H6O3.C4H10O3.C3H8O/c1-3-2-6-4(5)7-3;5-1-3-7-4-2-6;1-3-4-2/h3H,2H2,1H3;5-6H,1-4H2;3H2,1-2H3. The topological polar surface area (TPSA) is 94.5 Å². The molecule has 1 aliphatic heterocycles. The maximum atomic E-state index is 10.0. The zero-order valence-electron chi connectivity index (χ0n) is 11.3. The molecule has 0 aromatic heterocycles. The predicted octanol–water partition coefficient (Wildman–Crippen LogP) is 0.182. The maximum absolute atomic E-state index is 10.0. The molecule has 1 atom stereocenters. The lowest BCUT2D eigenvalue weighted by molar-refractivity contribution is 0.0650. The highest BCUT2D eigenvalue weighted by Crippen LogP contribution is 2.02. The Morgan fingerprint density at radius 2 is 1.83 bits per heavy atom. The summed E-state index contributed by atoms with van der Waals surface area (Å²) in [6.07, 6.45) is -0.597. The first-order chi connectivity index (χ1) is 8.62. The van der Waals surface area contributed by atoms with E-state index in [1.807, 2.05) is 6.92 Å². The molecule has 0 spiro atoms. The van der Waals surface area contributed by atoms with Crippen LogP contribution in [-0.4, -0.2) is 69.2 Å². The smallest absolute Gasteiger partial charge is 0.430 e. The van der Waals surface area contributed by atoms with Gasteiger partial charge < -0.3 is 29.2 Å². The van der Waals surface area contributed by atoms with Gasteiger partial charge in [0.05, 0.1) is 26.4 Å². The normalized spacial score (nSPS) is 16.7. The minimum absolute atomic E-state index is 0.0278. The molecular formula is C11H24O7. The van der Waals surface area contributed by atoms with Gasteiger partial charge in [0.15, 0.2) is 0 Å². The quantitative estimate of drug-likeness (QED) is 0.542. The highest BCUT2D eigenvalue weighted by atomic mass is 16.8. The highest BCUT2D eigenvalue weighted by Gasteiger charge is 2.19. The SMILES string of the molecule is CC1COC(=O)O1.CCOC.OCCOCCO. The largest absolute Gasteiger partial charge is 0.508 e. The van der Waals surface area contributed by atoms with Crippen LogP contribution in [0.15, 0.2) is 0 Å². The molecule has 1 fully saturated rings. The molecule has 1 aliphatic rings. The van der Waals surface area contributed by atoms with Crippen molar-refractivity contribution in [3.8, 4) is 0 Å². The van der Waals surface area contributed by atoms with E-state index in [4.69, 9.17) is 10.2 Å². The fraction of sp³-hybridized carbons (Fsp3) is 0.909. The third-order valence-corrected chi connectivity index (χ3v) is 1.49. The van der Waals surface area contributed by atoms with Gasteiger partial charge in [0, 0.05) is 13.7 Å². The van der Waals surface area contributed by atoms with Crippen LogP contribution >= 0.6 is 0 Å². The molecule has 7 heteroatoms. The second kappa shape index (κ2) is 16.1. The Bertz CT molecular complexity index is 169. The number of hydrogen-bond acceptors (Lipinski definition) is 7. The number of hydrogen-bond donors (Lipinski definition) is 2. The van der Waals surface area contributed by atoms with Crippen molar-refractivity contribution in [1.29, 1.82) is 0 Å². The van der Waals surface area contributed by atoms with Crippen LogP contribution in [0.2, 0.25) is 0 Å². The molecule has 0 radical (unpaired) electrons. The van der Waals surface area contributed by atoms with Crippen molar-refractivity contribution >= 4 is 6.16 Å². The van der Waals surface area contributed by atoms with Gasteiger partial charge in [0.1, 0.15) is 12.7 Å². The van der Waals surface area contributed by atoms with Crippen molar-refractivity contribution in [2.24, 2.45) is 0 Å². The summed E-state index contributed by atoms with van der Waals surface area (Å²) in [6.45, 7) is 5.66. The summed E-state index contributed by atoms with van der Waals surface area (Å²) in [5.41, 5.74) is 0. The number of ether oxygens (including phenoxy) is 4. The van der Waals surface area contributed by atoms with Crippen LogP contribution < -0.4 is 0 Å². The van der Waals surface area contributed by atoms with Crippen molar-refractivity contribution in [2.75, 3.05) is 46.8 Å². The van der Waals surface area contributed by atoms with Gasteiger partial charge in [0.25, 0.3) is 0 Å². The lowest BCUT2D eigenvalue weighted by atomic mass is 10.5. The molecule has 0 bridgehead atoms. The van der Waals surface area contributed by atoms with Crippen LogP contribution in [0.25, 0.3) is 0 Å². The summed E-state index contributed by atoms with van der Waals surface area (Å²) in [5.74, 6) is 0. The average molecular weight is 268 g/mol. The van der Waals surface area contributed by atoms with E-state index in [0.717, 1.165) is 6.61 Å². The van der Waals surface area contributed by atoms with E-state index in [-0.39, 0.29) is 19.3 Å². The Labute approximate surface area is 108 Å². The molecule has 0 saturated carbocycles. The molecule has 110 valence electrons. The van der Waals surface area contributed by atoms with Crippen molar-refractivity contribution in [1.82, 2.24) is 0 Å². The summed E-state index contributed by atoms with van der Waals surface area (Å²) >= 11 is 0. The number of methoxy groups -OCH3 is 1. The first-order valence-electron chi connectivity index (χ1n) is 5.74. The Hall–Kier alpha value is -0.890. The molecule has 7 nitrogen and oxygen atoms in total. The molecule has 1 saturated heterocycles. The molecule has 18 heavy (non-hydrogen) atoms. The summed E-state index contributed by atoms with van der Waals surface area (Å²) in [4.78, 5) is 10.0. The summed E-state index contributed by atoms with van der Waals surface area (Å²) in [7, 11) is 1.68. The lowest BCUT2D eigenvalue weighted by Crippen LogP contribution is -2.03. The first kappa shape index (κ1) is 19.4. The molecule has 2 N–H and O–H groups in total. The molecule has 1 unspecified atom stereocenters. The number of cyclic esters (lactones) is 2. The van der Waals surface area contributed by atoms with E-state index in [1.165, 1.54) is 0 Å². The van der Waals surface area contributed by atoms with Gasteiger partial charge in [-0.15, -0.1) is 0 Å². The third-order valence-electron chi connectivity index (χ3n) is 1.49. The van der Waals surface area contributed by atoms with Crippen LogP contribution in [0, 0.1) is 0 Å². The van der Waals surface area contributed by atoms with Crippen LogP contribution in [0.4, 0.5) is 4.79 Å². The Kier molecular flexibility index (Phi) is 17.4. The number of carbonyl (C=O) groups excluding carboxylic acids is 1. The lowest BCUT2D eigenvalue weighted by Gasteiger charge is -1.94. The van der Waals surface area contributed by atoms with E-state index < -0.39 is 6.16 Å². The Morgan fingerprint density at radius 1 is 1.33 bits per heavy atom. The van der Waals surface area contributed by atoms with Crippen molar-refractivity contribution < 1.29 is 34.0 Å². The Morgan fingerprint density at radius 3 is 2.00 bits per heavy atom.